The SMILES string of the molecule is C1=CCc2cc3c(cc2C=C1)oc1ccc(-c2ccc(-c4c5ccccc5c(-c5ccccc5)c5ccccc45)nc2)cc13. The van der Waals surface area contributed by atoms with E-state index in [4.69, 9.17) is 9.40 Å². The molecule has 0 bridgehead atoms. The van der Waals surface area contributed by atoms with Gasteiger partial charge in [-0.25, -0.2) is 0 Å². The maximum Gasteiger partial charge on any atom is 0.136 e. The summed E-state index contributed by atoms with van der Waals surface area (Å²) in [4.78, 5) is 5.09. The summed E-state index contributed by atoms with van der Waals surface area (Å²) >= 11 is 0. The van der Waals surface area contributed by atoms with Gasteiger partial charge in [0.25, 0.3) is 0 Å². The van der Waals surface area contributed by atoms with Crippen LogP contribution in [0.1, 0.15) is 11.1 Å². The Morgan fingerprint density at radius 3 is 1.91 bits per heavy atom. The minimum Gasteiger partial charge on any atom is -0.456 e. The van der Waals surface area contributed by atoms with Gasteiger partial charge >= 0.3 is 0 Å². The molecule has 0 amide bonds. The van der Waals surface area contributed by atoms with Crippen molar-refractivity contribution in [3.63, 3.8) is 0 Å². The Bertz CT molecular complexity index is 2390. The van der Waals surface area contributed by atoms with Gasteiger partial charge in [-0.3, -0.25) is 4.98 Å². The summed E-state index contributed by atoms with van der Waals surface area (Å²) in [6.45, 7) is 0. The highest BCUT2D eigenvalue weighted by atomic mass is 16.3. The third-order valence-electron chi connectivity index (χ3n) is 8.94. The van der Waals surface area contributed by atoms with Crippen LogP contribution in [0.15, 0.2) is 150 Å². The third-order valence-corrected chi connectivity index (χ3v) is 8.94. The summed E-state index contributed by atoms with van der Waals surface area (Å²) in [7, 11) is 0. The summed E-state index contributed by atoms with van der Waals surface area (Å²) in [6, 6.07) is 43.4. The van der Waals surface area contributed by atoms with Crippen LogP contribution in [-0.4, -0.2) is 4.98 Å². The van der Waals surface area contributed by atoms with Crippen LogP contribution in [0.3, 0.4) is 0 Å². The average molecular weight is 562 g/mol. The lowest BCUT2D eigenvalue weighted by Gasteiger charge is -2.17. The van der Waals surface area contributed by atoms with E-state index in [1.807, 2.05) is 6.20 Å². The molecule has 0 N–H and O–H groups in total. The standard InChI is InChI=1S/C42H27NO/c1-3-11-27(12-4-1)41-32-15-7-9-17-34(32)42(35-18-10-8-16-33(35)41)38-21-19-31(26-43-38)30-20-22-39-36(24-30)37-23-28-13-5-2-6-14-29(28)25-40(37)44-39/h1-12,14-26H,13H2. The van der Waals surface area contributed by atoms with Gasteiger partial charge < -0.3 is 4.42 Å². The van der Waals surface area contributed by atoms with Crippen LogP contribution in [-0.2, 0) is 6.42 Å². The zero-order valence-electron chi connectivity index (χ0n) is 24.0. The molecule has 44 heavy (non-hydrogen) atoms. The molecule has 8 aromatic rings. The van der Waals surface area contributed by atoms with Crippen molar-refractivity contribution in [2.75, 3.05) is 0 Å². The molecule has 0 atom stereocenters. The molecule has 0 aliphatic heterocycles. The second kappa shape index (κ2) is 9.93. The largest absolute Gasteiger partial charge is 0.456 e. The number of fused-ring (bicyclic) bond motifs is 6. The number of allylic oxidation sites excluding steroid dienone is 3. The number of hydrogen-bond donors (Lipinski definition) is 0. The number of pyridine rings is 1. The Kier molecular flexibility index (Phi) is 5.60. The van der Waals surface area contributed by atoms with Gasteiger partial charge in [0.1, 0.15) is 11.2 Å². The molecule has 0 unspecified atom stereocenters. The van der Waals surface area contributed by atoms with Crippen LogP contribution in [0.5, 0.6) is 0 Å². The molecular weight excluding hydrogens is 534 g/mol. The maximum atomic E-state index is 6.28. The van der Waals surface area contributed by atoms with E-state index >= 15 is 0 Å². The number of hydrogen-bond acceptors (Lipinski definition) is 2. The monoisotopic (exact) mass is 561 g/mol. The normalized spacial score (nSPS) is 12.7. The quantitative estimate of drug-likeness (QED) is 0.201. The van der Waals surface area contributed by atoms with Crippen molar-refractivity contribution in [2.45, 2.75) is 6.42 Å². The molecule has 1 aliphatic carbocycles. The molecule has 1 aliphatic rings. The first-order chi connectivity index (χ1) is 21.8. The minimum atomic E-state index is 0.907. The molecule has 0 saturated heterocycles. The Morgan fingerprint density at radius 1 is 0.500 bits per heavy atom. The molecule has 2 heteroatoms. The van der Waals surface area contributed by atoms with Crippen LogP contribution in [0.2, 0.25) is 0 Å². The smallest absolute Gasteiger partial charge is 0.136 e. The number of aromatic nitrogens is 1. The van der Waals surface area contributed by atoms with E-state index in [2.05, 4.69) is 146 Å². The first kappa shape index (κ1) is 24.8. The van der Waals surface area contributed by atoms with Crippen LogP contribution >= 0.6 is 0 Å². The molecule has 206 valence electrons. The molecule has 2 nitrogen and oxygen atoms in total. The summed E-state index contributed by atoms with van der Waals surface area (Å²) in [6.07, 6.45) is 11.5. The fraction of sp³-hybridized carbons (Fsp3) is 0.0238. The van der Waals surface area contributed by atoms with Gasteiger partial charge in [0.2, 0.25) is 0 Å². The molecule has 0 spiro atoms. The second-order valence-electron chi connectivity index (χ2n) is 11.5. The van der Waals surface area contributed by atoms with E-state index in [1.54, 1.807) is 0 Å². The Labute approximate surface area is 255 Å². The molecular formula is C42H27NO. The highest BCUT2D eigenvalue weighted by Crippen LogP contribution is 2.43. The highest BCUT2D eigenvalue weighted by molar-refractivity contribution is 6.21. The van der Waals surface area contributed by atoms with E-state index < -0.39 is 0 Å². The van der Waals surface area contributed by atoms with Crippen LogP contribution in [0.4, 0.5) is 0 Å². The zero-order chi connectivity index (χ0) is 29.0. The van der Waals surface area contributed by atoms with Crippen molar-refractivity contribution in [1.82, 2.24) is 4.98 Å². The van der Waals surface area contributed by atoms with Crippen molar-refractivity contribution < 1.29 is 4.42 Å². The summed E-state index contributed by atoms with van der Waals surface area (Å²) < 4.78 is 6.28. The van der Waals surface area contributed by atoms with Gasteiger partial charge in [-0.15, -0.1) is 0 Å². The van der Waals surface area contributed by atoms with Crippen molar-refractivity contribution in [3.05, 3.63) is 157 Å². The van der Waals surface area contributed by atoms with Crippen LogP contribution in [0, 0.1) is 0 Å². The van der Waals surface area contributed by atoms with E-state index in [-0.39, 0.29) is 0 Å². The lowest BCUT2D eigenvalue weighted by atomic mass is 9.87. The maximum absolute atomic E-state index is 6.28. The second-order valence-corrected chi connectivity index (χ2v) is 11.5. The van der Waals surface area contributed by atoms with E-state index in [9.17, 15) is 0 Å². The molecule has 9 rings (SSSR count). The van der Waals surface area contributed by atoms with Gasteiger partial charge in [0, 0.05) is 28.1 Å². The molecule has 2 aromatic heterocycles. The summed E-state index contributed by atoms with van der Waals surface area (Å²) in [5.41, 5.74) is 11.2. The summed E-state index contributed by atoms with van der Waals surface area (Å²) in [5.74, 6) is 0. The summed E-state index contributed by atoms with van der Waals surface area (Å²) in [5, 5.41) is 7.18. The number of furan rings is 1. The molecule has 0 fully saturated rings. The van der Waals surface area contributed by atoms with Crippen LogP contribution < -0.4 is 0 Å². The molecule has 0 radical (unpaired) electrons. The van der Waals surface area contributed by atoms with Crippen LogP contribution in [0.25, 0.3) is 83.1 Å². The molecule has 2 heterocycles. The minimum absolute atomic E-state index is 0.907. The van der Waals surface area contributed by atoms with Crippen molar-refractivity contribution in [2.24, 2.45) is 0 Å². The topological polar surface area (TPSA) is 26.0 Å². The first-order valence-electron chi connectivity index (χ1n) is 15.1. The van der Waals surface area contributed by atoms with Gasteiger partial charge in [-0.2, -0.15) is 0 Å². The van der Waals surface area contributed by atoms with Gasteiger partial charge in [-0.1, -0.05) is 115 Å². The Hall–Kier alpha value is -5.73. The number of rotatable bonds is 3. The number of nitrogens with zero attached hydrogens (tertiary/aromatic N) is 1. The van der Waals surface area contributed by atoms with Crippen molar-refractivity contribution >= 4 is 49.6 Å². The van der Waals surface area contributed by atoms with Crippen molar-refractivity contribution in [3.8, 4) is 33.5 Å². The van der Waals surface area contributed by atoms with Gasteiger partial charge in [-0.05, 0) is 86.1 Å². The fourth-order valence-electron chi connectivity index (χ4n) is 6.86. The highest BCUT2D eigenvalue weighted by Gasteiger charge is 2.17. The fourth-order valence-corrected chi connectivity index (χ4v) is 6.86. The van der Waals surface area contributed by atoms with Gasteiger partial charge in [0.15, 0.2) is 0 Å². The van der Waals surface area contributed by atoms with E-state index in [1.165, 1.54) is 49.4 Å². The molecule has 6 aromatic carbocycles. The Morgan fingerprint density at radius 2 is 1.18 bits per heavy atom. The van der Waals surface area contributed by atoms with E-state index in [0.29, 0.717) is 0 Å². The Balaban J connectivity index is 1.18. The predicted molar refractivity (Wildman–Crippen MR) is 185 cm³/mol. The lowest BCUT2D eigenvalue weighted by molar-refractivity contribution is 0.668. The lowest BCUT2D eigenvalue weighted by Crippen LogP contribution is -1.92. The zero-order valence-corrected chi connectivity index (χ0v) is 24.0. The van der Waals surface area contributed by atoms with E-state index in [0.717, 1.165) is 45.2 Å². The number of benzene rings is 6. The van der Waals surface area contributed by atoms with Crippen molar-refractivity contribution in [1.29, 1.82) is 0 Å². The average Bonchev–Trinajstić information content (AvgIpc) is 3.26. The first-order valence-corrected chi connectivity index (χ1v) is 15.1. The molecule has 0 saturated carbocycles. The predicted octanol–water partition coefficient (Wildman–Crippen LogP) is 11.4. The van der Waals surface area contributed by atoms with Gasteiger partial charge in [0.05, 0.1) is 5.69 Å². The third kappa shape index (κ3) is 3.92.